The molecule has 2 rings (SSSR count). The molecule has 0 bridgehead atoms. The highest BCUT2D eigenvalue weighted by Gasteiger charge is 2.32. The second-order valence-electron chi connectivity index (χ2n) is 5.04. The number of nitrogens with two attached hydrogens (primary N) is 1. The van der Waals surface area contributed by atoms with Crippen molar-refractivity contribution in [3.8, 4) is 0 Å². The number of carbonyl (C=O) groups is 2. The second kappa shape index (κ2) is 6.37. The van der Waals surface area contributed by atoms with Gasteiger partial charge in [0.2, 0.25) is 5.91 Å². The lowest BCUT2D eigenvalue weighted by Crippen LogP contribution is -2.47. The first-order valence-corrected chi connectivity index (χ1v) is 7.76. The fraction of sp³-hybridized carbons (Fsp3) is 0.571. The van der Waals surface area contributed by atoms with E-state index in [1.165, 1.54) is 10.4 Å². The maximum Gasteiger partial charge on any atom is 0.303 e. The number of amides is 1. The Labute approximate surface area is 122 Å². The lowest BCUT2D eigenvalue weighted by Gasteiger charge is -2.37. The Morgan fingerprint density at radius 1 is 1.60 bits per heavy atom. The summed E-state index contributed by atoms with van der Waals surface area (Å²) in [4.78, 5) is 26.2. The van der Waals surface area contributed by atoms with E-state index in [4.69, 9.17) is 10.8 Å². The largest absolute Gasteiger partial charge is 0.481 e. The number of carboxylic acid groups (broad SMARTS) is 1. The third-order valence-electron chi connectivity index (χ3n) is 3.75. The van der Waals surface area contributed by atoms with Crippen molar-refractivity contribution in [1.82, 2.24) is 4.90 Å². The van der Waals surface area contributed by atoms with Crippen molar-refractivity contribution in [1.29, 1.82) is 0 Å². The average molecular weight is 296 g/mol. The molecule has 20 heavy (non-hydrogen) atoms. The topological polar surface area (TPSA) is 83.6 Å². The van der Waals surface area contributed by atoms with E-state index in [0.29, 0.717) is 6.54 Å². The van der Waals surface area contributed by atoms with Crippen molar-refractivity contribution < 1.29 is 14.7 Å². The third-order valence-corrected chi connectivity index (χ3v) is 4.75. The molecule has 0 radical (unpaired) electrons. The van der Waals surface area contributed by atoms with Gasteiger partial charge in [0.25, 0.3) is 0 Å². The molecule has 2 atom stereocenters. The van der Waals surface area contributed by atoms with Crippen LogP contribution in [-0.4, -0.2) is 34.5 Å². The number of rotatable bonds is 5. The lowest BCUT2D eigenvalue weighted by molar-refractivity contribution is -0.138. The summed E-state index contributed by atoms with van der Waals surface area (Å²) in [5.74, 6) is -1.05. The molecule has 0 aliphatic carbocycles. The number of nitrogens with zero attached hydrogens (tertiary/aromatic N) is 1. The van der Waals surface area contributed by atoms with Gasteiger partial charge in [0.1, 0.15) is 0 Å². The van der Waals surface area contributed by atoms with Crippen LogP contribution in [-0.2, 0) is 16.0 Å². The monoisotopic (exact) mass is 296 g/mol. The molecule has 5 nitrogen and oxygen atoms in total. The highest BCUT2D eigenvalue weighted by molar-refractivity contribution is 7.10. The Morgan fingerprint density at radius 2 is 2.35 bits per heavy atom. The van der Waals surface area contributed by atoms with E-state index in [0.717, 1.165) is 12.8 Å². The van der Waals surface area contributed by atoms with Crippen LogP contribution in [0.15, 0.2) is 11.4 Å². The molecule has 0 spiro atoms. The standard InChI is InChI=1S/C14H20N2O3S/c1-2-11-9-6-8-20-12(9)5-7-16(11)14(19)10(15)3-4-13(17)18/h6,8,10-11H,2-5,7,15H2,1H3,(H,17,18). The summed E-state index contributed by atoms with van der Waals surface area (Å²) in [6, 6.07) is 1.44. The van der Waals surface area contributed by atoms with Crippen LogP contribution in [0.1, 0.15) is 42.7 Å². The molecule has 1 aromatic rings. The summed E-state index contributed by atoms with van der Waals surface area (Å²) in [7, 11) is 0. The Kier molecular flexibility index (Phi) is 4.77. The molecule has 0 saturated heterocycles. The molecule has 3 N–H and O–H groups in total. The van der Waals surface area contributed by atoms with Gasteiger partial charge in [0, 0.05) is 17.8 Å². The Morgan fingerprint density at radius 3 is 3.00 bits per heavy atom. The molecule has 110 valence electrons. The van der Waals surface area contributed by atoms with E-state index in [9.17, 15) is 9.59 Å². The van der Waals surface area contributed by atoms with Gasteiger partial charge in [0.05, 0.1) is 12.1 Å². The maximum absolute atomic E-state index is 12.4. The van der Waals surface area contributed by atoms with Crippen LogP contribution in [0.4, 0.5) is 0 Å². The van der Waals surface area contributed by atoms with Crippen LogP contribution in [0.5, 0.6) is 0 Å². The first-order valence-electron chi connectivity index (χ1n) is 6.88. The molecule has 2 heterocycles. The molecule has 0 saturated carbocycles. The van der Waals surface area contributed by atoms with Gasteiger partial charge in [-0.2, -0.15) is 0 Å². The molecule has 6 heteroatoms. The minimum absolute atomic E-state index is 0.0682. The highest BCUT2D eigenvalue weighted by Crippen LogP contribution is 2.35. The van der Waals surface area contributed by atoms with E-state index >= 15 is 0 Å². The van der Waals surface area contributed by atoms with Crippen molar-refractivity contribution in [2.75, 3.05) is 6.54 Å². The van der Waals surface area contributed by atoms with Gasteiger partial charge in [-0.3, -0.25) is 9.59 Å². The van der Waals surface area contributed by atoms with Gasteiger partial charge < -0.3 is 15.7 Å². The predicted octanol–water partition coefficient (Wildman–Crippen LogP) is 1.78. The summed E-state index contributed by atoms with van der Waals surface area (Å²) in [6.45, 7) is 2.73. The molecule has 1 amide bonds. The average Bonchev–Trinajstić information content (AvgIpc) is 2.91. The fourth-order valence-corrected chi connectivity index (χ4v) is 3.64. The van der Waals surface area contributed by atoms with Crippen LogP contribution < -0.4 is 5.73 Å². The minimum Gasteiger partial charge on any atom is -0.481 e. The van der Waals surface area contributed by atoms with E-state index in [1.54, 1.807) is 11.3 Å². The third kappa shape index (κ3) is 3.02. The zero-order valence-electron chi connectivity index (χ0n) is 11.5. The molecule has 0 aromatic carbocycles. The normalized spacial score (nSPS) is 19.5. The lowest BCUT2D eigenvalue weighted by atomic mass is 9.96. The van der Waals surface area contributed by atoms with E-state index < -0.39 is 12.0 Å². The number of aliphatic carboxylic acids is 1. The molecule has 1 aliphatic rings. The van der Waals surface area contributed by atoms with Crippen molar-refractivity contribution in [3.05, 3.63) is 21.9 Å². The number of hydrogen-bond donors (Lipinski definition) is 2. The summed E-state index contributed by atoms with van der Waals surface area (Å²) >= 11 is 1.73. The highest BCUT2D eigenvalue weighted by atomic mass is 32.1. The van der Waals surface area contributed by atoms with Gasteiger partial charge in [-0.25, -0.2) is 0 Å². The summed E-state index contributed by atoms with van der Waals surface area (Å²) < 4.78 is 0. The minimum atomic E-state index is -0.918. The molecule has 1 aliphatic heterocycles. The van der Waals surface area contributed by atoms with Gasteiger partial charge in [-0.05, 0) is 36.3 Å². The van der Waals surface area contributed by atoms with Crippen molar-refractivity contribution in [2.45, 2.75) is 44.7 Å². The number of thiophene rings is 1. The van der Waals surface area contributed by atoms with E-state index in [2.05, 4.69) is 18.4 Å². The van der Waals surface area contributed by atoms with Gasteiger partial charge in [-0.15, -0.1) is 11.3 Å². The number of carbonyl (C=O) groups excluding carboxylic acids is 1. The molecular formula is C14H20N2O3S. The Bertz CT molecular complexity index is 500. The van der Waals surface area contributed by atoms with Gasteiger partial charge >= 0.3 is 5.97 Å². The van der Waals surface area contributed by atoms with Crippen LogP contribution in [0, 0.1) is 0 Å². The predicted molar refractivity (Wildman–Crippen MR) is 77.6 cm³/mol. The maximum atomic E-state index is 12.4. The molecule has 2 unspecified atom stereocenters. The first kappa shape index (κ1) is 15.0. The molecular weight excluding hydrogens is 276 g/mol. The number of carboxylic acids is 1. The van der Waals surface area contributed by atoms with Crippen LogP contribution in [0.3, 0.4) is 0 Å². The van der Waals surface area contributed by atoms with Gasteiger partial charge in [0.15, 0.2) is 0 Å². The molecule has 1 aromatic heterocycles. The van der Waals surface area contributed by atoms with Crippen molar-refractivity contribution in [3.63, 3.8) is 0 Å². The zero-order chi connectivity index (χ0) is 14.7. The van der Waals surface area contributed by atoms with E-state index in [-0.39, 0.29) is 24.8 Å². The SMILES string of the molecule is CCC1c2ccsc2CCN1C(=O)C(N)CCC(=O)O. The smallest absolute Gasteiger partial charge is 0.303 e. The first-order chi connectivity index (χ1) is 9.54. The number of hydrogen-bond acceptors (Lipinski definition) is 4. The Balaban J connectivity index is 2.08. The summed E-state index contributed by atoms with van der Waals surface area (Å²) in [6.07, 6.45) is 1.83. The summed E-state index contributed by atoms with van der Waals surface area (Å²) in [5, 5.41) is 10.7. The summed E-state index contributed by atoms with van der Waals surface area (Å²) in [5.41, 5.74) is 7.08. The van der Waals surface area contributed by atoms with Crippen molar-refractivity contribution in [2.24, 2.45) is 5.73 Å². The van der Waals surface area contributed by atoms with Crippen LogP contribution in [0.2, 0.25) is 0 Å². The fourth-order valence-electron chi connectivity index (χ4n) is 2.72. The van der Waals surface area contributed by atoms with Crippen LogP contribution >= 0.6 is 11.3 Å². The Hall–Kier alpha value is -1.40. The van der Waals surface area contributed by atoms with E-state index in [1.807, 2.05) is 4.90 Å². The van der Waals surface area contributed by atoms with Crippen LogP contribution in [0.25, 0.3) is 0 Å². The number of fused-ring (bicyclic) bond motifs is 1. The molecule has 0 fully saturated rings. The van der Waals surface area contributed by atoms with Crippen molar-refractivity contribution >= 4 is 23.2 Å². The zero-order valence-corrected chi connectivity index (χ0v) is 12.4. The second-order valence-corrected chi connectivity index (χ2v) is 6.04. The quantitative estimate of drug-likeness (QED) is 0.867. The van der Waals surface area contributed by atoms with Gasteiger partial charge in [-0.1, -0.05) is 6.92 Å².